The van der Waals surface area contributed by atoms with Crippen molar-refractivity contribution in [3.8, 4) is 0 Å². The molecule has 2 aliphatic heterocycles. The van der Waals surface area contributed by atoms with E-state index in [1.54, 1.807) is 11.3 Å². The van der Waals surface area contributed by atoms with Crippen LogP contribution < -0.4 is 4.90 Å². The molecule has 7 heteroatoms. The Hall–Kier alpha value is -1.57. The molecule has 0 atom stereocenters. The molecule has 2 aromatic heterocycles. The number of fused-ring (bicyclic) bond motifs is 2. The van der Waals surface area contributed by atoms with Crippen molar-refractivity contribution in [1.82, 2.24) is 19.9 Å². The maximum atomic E-state index is 6.32. The second-order valence-electron chi connectivity index (χ2n) is 7.17. The van der Waals surface area contributed by atoms with Gasteiger partial charge in [0.1, 0.15) is 5.60 Å². The fraction of sp³-hybridized carbons (Fsp3) is 0.611. The van der Waals surface area contributed by atoms with Crippen LogP contribution in [0.15, 0.2) is 11.6 Å². The molecule has 1 fully saturated rings. The summed E-state index contributed by atoms with van der Waals surface area (Å²) in [5, 5.41) is 3.31. The molecule has 0 N–H and O–H groups in total. The first-order valence-electron chi connectivity index (χ1n) is 8.87. The summed E-state index contributed by atoms with van der Waals surface area (Å²) >= 11 is 1.73. The Morgan fingerprint density at radius 3 is 2.76 bits per heavy atom. The van der Waals surface area contributed by atoms with Crippen molar-refractivity contribution in [2.45, 2.75) is 38.3 Å². The second-order valence-corrected chi connectivity index (χ2v) is 8.23. The first-order valence-corrected chi connectivity index (χ1v) is 9.75. The van der Waals surface area contributed by atoms with E-state index in [0.29, 0.717) is 0 Å². The van der Waals surface area contributed by atoms with Gasteiger partial charge < -0.3 is 9.64 Å². The molecule has 0 aliphatic carbocycles. The summed E-state index contributed by atoms with van der Waals surface area (Å²) in [7, 11) is 3.97. The predicted octanol–water partition coefficient (Wildman–Crippen LogP) is 2.37. The number of aryl methyl sites for hydroxylation is 1. The van der Waals surface area contributed by atoms with Gasteiger partial charge in [-0.05, 0) is 31.7 Å². The van der Waals surface area contributed by atoms with E-state index in [9.17, 15) is 0 Å². The molecule has 0 amide bonds. The number of likely N-dealkylation sites (tertiary alicyclic amines) is 1. The average Bonchev–Trinajstić information content (AvgIpc) is 3.02. The van der Waals surface area contributed by atoms with E-state index in [-0.39, 0.29) is 5.60 Å². The zero-order valence-corrected chi connectivity index (χ0v) is 16.0. The molecule has 0 radical (unpaired) electrons. The lowest BCUT2D eigenvalue weighted by atomic mass is 9.83. The number of hydrogen-bond acceptors (Lipinski definition) is 7. The molecule has 4 rings (SSSR count). The zero-order valence-electron chi connectivity index (χ0n) is 15.2. The predicted molar refractivity (Wildman–Crippen MR) is 99.1 cm³/mol. The van der Waals surface area contributed by atoms with Crippen LogP contribution in [0.2, 0.25) is 0 Å². The highest BCUT2D eigenvalue weighted by Gasteiger charge is 2.42. The zero-order chi connectivity index (χ0) is 17.4. The topological polar surface area (TPSA) is 54.4 Å². The Morgan fingerprint density at radius 2 is 2.08 bits per heavy atom. The van der Waals surface area contributed by atoms with Crippen LogP contribution in [0.4, 0.5) is 5.95 Å². The molecule has 6 nitrogen and oxygen atoms in total. The van der Waals surface area contributed by atoms with Gasteiger partial charge in [0.25, 0.3) is 0 Å². The van der Waals surface area contributed by atoms with E-state index >= 15 is 0 Å². The van der Waals surface area contributed by atoms with Crippen molar-refractivity contribution < 1.29 is 4.74 Å². The van der Waals surface area contributed by atoms with Crippen molar-refractivity contribution in [1.29, 1.82) is 0 Å². The molecule has 2 aliphatic rings. The molecule has 0 unspecified atom stereocenters. The lowest BCUT2D eigenvalue weighted by Crippen LogP contribution is -2.47. The lowest BCUT2D eigenvalue weighted by Gasteiger charge is -2.44. The fourth-order valence-electron chi connectivity index (χ4n) is 3.78. The third-order valence-electron chi connectivity index (χ3n) is 5.15. The van der Waals surface area contributed by atoms with Gasteiger partial charge >= 0.3 is 0 Å². The van der Waals surface area contributed by atoms with Crippen molar-refractivity contribution in [3.05, 3.63) is 33.5 Å². The van der Waals surface area contributed by atoms with Gasteiger partial charge in [-0.3, -0.25) is 4.90 Å². The third-order valence-corrected chi connectivity index (χ3v) is 5.97. The Bertz CT molecular complexity index is 752. The van der Waals surface area contributed by atoms with Crippen LogP contribution in [-0.4, -0.2) is 53.6 Å². The summed E-state index contributed by atoms with van der Waals surface area (Å²) < 4.78 is 6.32. The highest BCUT2D eigenvalue weighted by molar-refractivity contribution is 7.09. The van der Waals surface area contributed by atoms with Crippen molar-refractivity contribution in [3.63, 3.8) is 0 Å². The molecular formula is C18H25N5OS. The van der Waals surface area contributed by atoms with Gasteiger partial charge in [0.15, 0.2) is 0 Å². The van der Waals surface area contributed by atoms with E-state index < -0.39 is 0 Å². The second kappa shape index (κ2) is 6.63. The third kappa shape index (κ3) is 3.28. The quantitative estimate of drug-likeness (QED) is 0.839. The molecule has 25 heavy (non-hydrogen) atoms. The number of thiazole rings is 1. The van der Waals surface area contributed by atoms with E-state index in [2.05, 4.69) is 27.2 Å². The number of hydrogen-bond donors (Lipinski definition) is 0. The number of piperidine rings is 1. The monoisotopic (exact) mass is 359 g/mol. The molecule has 2 aromatic rings. The maximum absolute atomic E-state index is 6.32. The molecule has 1 spiro atoms. The van der Waals surface area contributed by atoms with Crippen molar-refractivity contribution in [2.24, 2.45) is 0 Å². The maximum Gasteiger partial charge on any atom is 0.225 e. The SMILES string of the molecule is Cc1nc(CN2CCC3(CC2)OCCc2cnc(N(C)C)nc23)cs1. The lowest BCUT2D eigenvalue weighted by molar-refractivity contribution is -0.102. The summed E-state index contributed by atoms with van der Waals surface area (Å²) in [5.74, 6) is 0.768. The molecule has 134 valence electrons. The minimum atomic E-state index is -0.240. The molecular weight excluding hydrogens is 334 g/mol. The average molecular weight is 359 g/mol. The summed E-state index contributed by atoms with van der Waals surface area (Å²) in [5.41, 5.74) is 3.30. The van der Waals surface area contributed by atoms with Gasteiger partial charge in [-0.25, -0.2) is 15.0 Å². The minimum absolute atomic E-state index is 0.240. The van der Waals surface area contributed by atoms with Crippen LogP contribution in [0.3, 0.4) is 0 Å². The van der Waals surface area contributed by atoms with Crippen LogP contribution in [0.5, 0.6) is 0 Å². The number of rotatable bonds is 3. The van der Waals surface area contributed by atoms with Gasteiger partial charge in [0, 0.05) is 45.3 Å². The highest BCUT2D eigenvalue weighted by atomic mass is 32.1. The van der Waals surface area contributed by atoms with E-state index in [0.717, 1.165) is 62.2 Å². The fourth-order valence-corrected chi connectivity index (χ4v) is 4.38. The van der Waals surface area contributed by atoms with E-state index in [1.807, 2.05) is 25.2 Å². The summed E-state index contributed by atoms with van der Waals surface area (Å²) in [6.45, 7) is 5.78. The van der Waals surface area contributed by atoms with Crippen molar-refractivity contribution in [2.75, 3.05) is 38.7 Å². The molecule has 0 bridgehead atoms. The van der Waals surface area contributed by atoms with Crippen LogP contribution >= 0.6 is 11.3 Å². The minimum Gasteiger partial charge on any atom is -0.368 e. The van der Waals surface area contributed by atoms with Crippen LogP contribution in [0.1, 0.15) is 34.8 Å². The standard InChI is InChI=1S/C18H25N5OS/c1-13-20-15(12-25-13)11-23-7-5-18(6-8-23)16-14(4-9-24-18)10-19-17(21-16)22(2)3/h10,12H,4-9,11H2,1-3H3. The smallest absolute Gasteiger partial charge is 0.225 e. The Kier molecular flexibility index (Phi) is 4.47. The van der Waals surface area contributed by atoms with Crippen molar-refractivity contribution >= 4 is 17.3 Å². The highest BCUT2D eigenvalue weighted by Crippen LogP contribution is 2.41. The molecule has 0 aromatic carbocycles. The van der Waals surface area contributed by atoms with Gasteiger partial charge in [0.05, 0.1) is 23.0 Å². The van der Waals surface area contributed by atoms with Gasteiger partial charge in [-0.15, -0.1) is 11.3 Å². The summed E-state index contributed by atoms with van der Waals surface area (Å²) in [4.78, 5) is 18.4. The van der Waals surface area contributed by atoms with Gasteiger partial charge in [-0.2, -0.15) is 0 Å². The largest absolute Gasteiger partial charge is 0.368 e. The Balaban J connectivity index is 1.52. The van der Waals surface area contributed by atoms with Gasteiger partial charge in [0.2, 0.25) is 5.95 Å². The van der Waals surface area contributed by atoms with Crippen LogP contribution in [-0.2, 0) is 23.3 Å². The number of aromatic nitrogens is 3. The number of anilines is 1. The normalized spacial score (nSPS) is 19.8. The molecule has 4 heterocycles. The molecule has 0 saturated carbocycles. The summed E-state index contributed by atoms with van der Waals surface area (Å²) in [6, 6.07) is 0. The summed E-state index contributed by atoms with van der Waals surface area (Å²) in [6.07, 6.45) is 4.86. The Labute approximate surface area is 152 Å². The van der Waals surface area contributed by atoms with Crippen LogP contribution in [0.25, 0.3) is 0 Å². The van der Waals surface area contributed by atoms with Crippen LogP contribution in [0, 0.1) is 6.92 Å². The number of nitrogens with zero attached hydrogens (tertiary/aromatic N) is 5. The van der Waals surface area contributed by atoms with E-state index in [4.69, 9.17) is 9.72 Å². The van der Waals surface area contributed by atoms with E-state index in [1.165, 1.54) is 11.3 Å². The molecule has 1 saturated heterocycles. The van der Waals surface area contributed by atoms with Gasteiger partial charge in [-0.1, -0.05) is 0 Å². The Morgan fingerprint density at radius 1 is 1.28 bits per heavy atom. The number of ether oxygens (including phenoxy) is 1. The first kappa shape index (κ1) is 16.9. The first-order chi connectivity index (χ1) is 12.1.